The molecule has 28 heavy (non-hydrogen) atoms. The molecule has 10 heteroatoms. The fourth-order valence-electron chi connectivity index (χ4n) is 3.13. The van der Waals surface area contributed by atoms with Gasteiger partial charge in [-0.3, -0.25) is 29.2 Å². The van der Waals surface area contributed by atoms with Crippen molar-refractivity contribution in [1.82, 2.24) is 19.7 Å². The van der Waals surface area contributed by atoms with Crippen LogP contribution < -0.4 is 0 Å². The molecule has 0 unspecified atom stereocenters. The Morgan fingerprint density at radius 1 is 0.786 bits per heavy atom. The van der Waals surface area contributed by atoms with Crippen molar-refractivity contribution in [2.24, 2.45) is 0 Å². The van der Waals surface area contributed by atoms with Crippen molar-refractivity contribution in [3.63, 3.8) is 0 Å². The minimum atomic E-state index is -0.937. The van der Waals surface area contributed by atoms with Crippen molar-refractivity contribution in [2.75, 3.05) is 45.8 Å². The van der Waals surface area contributed by atoms with E-state index in [9.17, 15) is 24.6 Å². The van der Waals surface area contributed by atoms with Gasteiger partial charge in [0.1, 0.15) is 0 Å². The van der Waals surface area contributed by atoms with E-state index in [4.69, 9.17) is 5.11 Å². The van der Waals surface area contributed by atoms with E-state index in [0.29, 0.717) is 57.2 Å². The molecule has 0 fully saturated rings. The molecule has 0 aromatic carbocycles. The number of aliphatic carboxylic acids is 3. The van der Waals surface area contributed by atoms with Crippen molar-refractivity contribution in [3.8, 4) is 0 Å². The smallest absolute Gasteiger partial charge is 0.317 e. The van der Waals surface area contributed by atoms with Gasteiger partial charge in [0.2, 0.25) is 0 Å². The molecule has 10 nitrogen and oxygen atoms in total. The van der Waals surface area contributed by atoms with E-state index in [1.165, 1.54) is 0 Å². The number of carbonyl (C=O) groups is 3. The number of hydrogen-bond donors (Lipinski definition) is 3. The molecule has 0 atom stereocenters. The molecule has 1 aromatic rings. The molecule has 0 aliphatic carbocycles. The summed E-state index contributed by atoms with van der Waals surface area (Å²) >= 11 is 0. The summed E-state index contributed by atoms with van der Waals surface area (Å²) in [6.45, 7) is 2.61. The Balaban J connectivity index is 2.21. The summed E-state index contributed by atoms with van der Waals surface area (Å²) < 4.78 is 0. The highest BCUT2D eigenvalue weighted by Gasteiger charge is 2.18. The third kappa shape index (κ3) is 7.99. The minimum Gasteiger partial charge on any atom is -0.481 e. The number of carboxylic acids is 3. The van der Waals surface area contributed by atoms with Crippen LogP contribution in [-0.2, 0) is 27.5 Å². The third-order valence-electron chi connectivity index (χ3n) is 4.46. The number of hydrogen-bond acceptors (Lipinski definition) is 7. The minimum absolute atomic E-state index is 0.0293. The Kier molecular flexibility index (Phi) is 8.30. The van der Waals surface area contributed by atoms with E-state index >= 15 is 0 Å². The predicted molar refractivity (Wildman–Crippen MR) is 98.8 cm³/mol. The average Bonchev–Trinajstić information content (AvgIpc) is 2.59. The summed E-state index contributed by atoms with van der Waals surface area (Å²) in [5.41, 5.74) is 1.43. The summed E-state index contributed by atoms with van der Waals surface area (Å²) in [6.07, 6.45) is -0.0293. The van der Waals surface area contributed by atoms with Gasteiger partial charge in [-0.1, -0.05) is 6.07 Å². The summed E-state index contributed by atoms with van der Waals surface area (Å²) in [7, 11) is 0. The highest BCUT2D eigenvalue weighted by atomic mass is 16.4. The van der Waals surface area contributed by atoms with Crippen LogP contribution in [-0.4, -0.2) is 98.7 Å². The van der Waals surface area contributed by atoms with E-state index in [2.05, 4.69) is 4.98 Å². The normalized spacial score (nSPS) is 17.4. The zero-order chi connectivity index (χ0) is 20.5. The second kappa shape index (κ2) is 10.7. The number of aromatic nitrogens is 1. The number of nitrogens with zero attached hydrogens (tertiary/aromatic N) is 4. The van der Waals surface area contributed by atoms with Gasteiger partial charge in [0.15, 0.2) is 0 Å². The molecular formula is C18H26N4O6. The zero-order valence-corrected chi connectivity index (χ0v) is 15.7. The van der Waals surface area contributed by atoms with Crippen molar-refractivity contribution in [2.45, 2.75) is 19.5 Å². The van der Waals surface area contributed by atoms with Crippen molar-refractivity contribution >= 4 is 17.9 Å². The van der Waals surface area contributed by atoms with Gasteiger partial charge in [-0.2, -0.15) is 0 Å². The standard InChI is InChI=1S/C18H26N4O6/c23-16(24)4-5-20-6-8-21(12-17(25)26)10-14-2-1-3-15(19-14)11-22(9-7-20)13-18(27)28/h1-3H,4-13H2,(H,23,24)(H,25,26)(H,27,28). The van der Waals surface area contributed by atoms with E-state index in [1.807, 2.05) is 23.1 Å². The molecule has 3 N–H and O–H groups in total. The maximum absolute atomic E-state index is 11.2. The van der Waals surface area contributed by atoms with Crippen molar-refractivity contribution in [3.05, 3.63) is 29.6 Å². The first-order valence-electron chi connectivity index (χ1n) is 9.09. The highest BCUT2D eigenvalue weighted by Crippen LogP contribution is 2.09. The lowest BCUT2D eigenvalue weighted by Crippen LogP contribution is -2.43. The van der Waals surface area contributed by atoms with Gasteiger partial charge >= 0.3 is 17.9 Å². The maximum atomic E-state index is 11.2. The number of fused-ring (bicyclic) bond motifs is 2. The Bertz CT molecular complexity index is 653. The SMILES string of the molecule is O=C(O)CCN1CCN(CC(=O)O)Cc2cccc(n2)CN(CC(=O)O)CC1. The van der Waals surface area contributed by atoms with Crippen LogP contribution in [0.3, 0.4) is 0 Å². The van der Waals surface area contributed by atoms with Crippen LogP contribution in [0.4, 0.5) is 0 Å². The van der Waals surface area contributed by atoms with Crippen LogP contribution in [0, 0.1) is 0 Å². The van der Waals surface area contributed by atoms with Gasteiger partial charge in [-0.25, -0.2) is 0 Å². The second-order valence-corrected chi connectivity index (χ2v) is 6.81. The molecule has 0 amide bonds. The molecule has 0 radical (unpaired) electrons. The molecule has 1 aliphatic heterocycles. The lowest BCUT2D eigenvalue weighted by molar-refractivity contribution is -0.139. The van der Waals surface area contributed by atoms with Crippen LogP contribution in [0.1, 0.15) is 17.8 Å². The molecule has 2 rings (SSSR count). The van der Waals surface area contributed by atoms with Gasteiger partial charge in [0, 0.05) is 45.8 Å². The Morgan fingerprint density at radius 2 is 1.25 bits per heavy atom. The zero-order valence-electron chi connectivity index (χ0n) is 15.7. The van der Waals surface area contributed by atoms with Crippen molar-refractivity contribution < 1.29 is 29.7 Å². The van der Waals surface area contributed by atoms with Gasteiger partial charge in [0.25, 0.3) is 0 Å². The van der Waals surface area contributed by atoms with Crippen LogP contribution >= 0.6 is 0 Å². The van der Waals surface area contributed by atoms with Crippen LogP contribution in [0.25, 0.3) is 0 Å². The lowest BCUT2D eigenvalue weighted by atomic mass is 10.2. The number of pyridine rings is 1. The summed E-state index contributed by atoms with van der Waals surface area (Å²) in [6, 6.07) is 5.46. The fraction of sp³-hybridized carbons (Fsp3) is 0.556. The molecule has 2 bridgehead atoms. The fourth-order valence-corrected chi connectivity index (χ4v) is 3.13. The summed E-state index contributed by atoms with van der Waals surface area (Å²) in [4.78, 5) is 43.3. The third-order valence-corrected chi connectivity index (χ3v) is 4.46. The quantitative estimate of drug-likeness (QED) is 0.563. The number of carboxylic acid groups (broad SMARTS) is 3. The summed E-state index contributed by atoms with van der Waals surface area (Å²) in [5, 5.41) is 27.3. The lowest BCUT2D eigenvalue weighted by Gasteiger charge is -2.30. The van der Waals surface area contributed by atoms with E-state index in [1.54, 1.807) is 9.80 Å². The Hall–Kier alpha value is -2.56. The van der Waals surface area contributed by atoms with E-state index in [0.717, 1.165) is 0 Å². The van der Waals surface area contributed by atoms with E-state index < -0.39 is 17.9 Å². The van der Waals surface area contributed by atoms with Gasteiger partial charge in [-0.05, 0) is 12.1 Å². The Morgan fingerprint density at radius 3 is 1.68 bits per heavy atom. The molecule has 1 aromatic heterocycles. The second-order valence-electron chi connectivity index (χ2n) is 6.81. The molecule has 0 spiro atoms. The van der Waals surface area contributed by atoms with E-state index in [-0.39, 0.29) is 19.5 Å². The van der Waals surface area contributed by atoms with Crippen LogP contribution in [0.15, 0.2) is 18.2 Å². The first-order valence-corrected chi connectivity index (χ1v) is 9.09. The molecule has 1 aliphatic rings. The molecule has 0 saturated carbocycles. The van der Waals surface area contributed by atoms with Crippen LogP contribution in [0.5, 0.6) is 0 Å². The first-order chi connectivity index (χ1) is 13.3. The molecule has 2 heterocycles. The van der Waals surface area contributed by atoms with Crippen LogP contribution in [0.2, 0.25) is 0 Å². The molecule has 0 saturated heterocycles. The average molecular weight is 394 g/mol. The summed E-state index contributed by atoms with van der Waals surface area (Å²) in [5.74, 6) is -2.78. The van der Waals surface area contributed by atoms with Gasteiger partial charge < -0.3 is 20.2 Å². The van der Waals surface area contributed by atoms with Gasteiger partial charge in [0.05, 0.1) is 30.9 Å². The molecular weight excluding hydrogens is 368 g/mol. The predicted octanol–water partition coefficient (Wildman–Crippen LogP) is -0.355. The largest absolute Gasteiger partial charge is 0.481 e. The number of rotatable bonds is 7. The highest BCUT2D eigenvalue weighted by molar-refractivity contribution is 5.69. The Labute approximate surface area is 163 Å². The maximum Gasteiger partial charge on any atom is 0.317 e. The monoisotopic (exact) mass is 394 g/mol. The topological polar surface area (TPSA) is 135 Å². The van der Waals surface area contributed by atoms with Crippen molar-refractivity contribution in [1.29, 1.82) is 0 Å². The molecule has 154 valence electrons. The first kappa shape index (κ1) is 21.7. The van der Waals surface area contributed by atoms with Gasteiger partial charge in [-0.15, -0.1) is 0 Å².